The van der Waals surface area contributed by atoms with Crippen molar-refractivity contribution in [2.45, 2.75) is 6.54 Å². The normalized spacial score (nSPS) is 9.85. The van der Waals surface area contributed by atoms with Crippen molar-refractivity contribution in [3.63, 3.8) is 0 Å². The highest BCUT2D eigenvalue weighted by Crippen LogP contribution is 2.25. The van der Waals surface area contributed by atoms with Gasteiger partial charge in [-0.15, -0.1) is 11.3 Å². The van der Waals surface area contributed by atoms with Crippen LogP contribution in [0.3, 0.4) is 0 Å². The SMILES string of the molecule is CNC(=O)c1ccc(Cl)c(NCc2ccc(C#N)s2)c1. The molecule has 20 heavy (non-hydrogen) atoms. The number of nitrogens with zero attached hydrogens (tertiary/aromatic N) is 1. The molecule has 6 heteroatoms. The molecule has 1 aromatic carbocycles. The maximum Gasteiger partial charge on any atom is 0.251 e. The van der Waals surface area contributed by atoms with E-state index in [2.05, 4.69) is 16.7 Å². The third-order valence-electron chi connectivity index (χ3n) is 2.68. The fourth-order valence-electron chi connectivity index (χ4n) is 1.66. The molecule has 0 fully saturated rings. The van der Waals surface area contributed by atoms with Gasteiger partial charge in [0, 0.05) is 24.0 Å². The van der Waals surface area contributed by atoms with Crippen molar-refractivity contribution >= 4 is 34.5 Å². The van der Waals surface area contributed by atoms with Gasteiger partial charge in [0.15, 0.2) is 0 Å². The van der Waals surface area contributed by atoms with Crippen LogP contribution in [0.5, 0.6) is 0 Å². The lowest BCUT2D eigenvalue weighted by molar-refractivity contribution is 0.0963. The Kier molecular flexibility index (Phi) is 4.61. The van der Waals surface area contributed by atoms with Crippen molar-refractivity contribution in [1.29, 1.82) is 5.26 Å². The van der Waals surface area contributed by atoms with Crippen LogP contribution >= 0.6 is 22.9 Å². The number of rotatable bonds is 4. The minimum atomic E-state index is -0.160. The second kappa shape index (κ2) is 6.42. The topological polar surface area (TPSA) is 64.9 Å². The predicted octanol–water partition coefficient (Wildman–Crippen LogP) is 3.24. The van der Waals surface area contributed by atoms with Crippen LogP contribution in [0.15, 0.2) is 30.3 Å². The van der Waals surface area contributed by atoms with E-state index in [1.165, 1.54) is 11.3 Å². The summed E-state index contributed by atoms with van der Waals surface area (Å²) in [5.74, 6) is -0.160. The molecular formula is C14H12ClN3OS. The molecule has 4 nitrogen and oxygen atoms in total. The van der Waals surface area contributed by atoms with E-state index in [1.807, 2.05) is 6.07 Å². The van der Waals surface area contributed by atoms with Crippen molar-refractivity contribution in [3.8, 4) is 6.07 Å². The number of anilines is 1. The molecule has 0 atom stereocenters. The number of benzene rings is 1. The molecule has 0 bridgehead atoms. The molecule has 0 aliphatic rings. The lowest BCUT2D eigenvalue weighted by atomic mass is 10.2. The Bertz CT molecular complexity index is 675. The minimum absolute atomic E-state index is 0.160. The van der Waals surface area contributed by atoms with E-state index < -0.39 is 0 Å². The summed E-state index contributed by atoms with van der Waals surface area (Å²) in [7, 11) is 1.58. The summed E-state index contributed by atoms with van der Waals surface area (Å²) < 4.78 is 0. The van der Waals surface area contributed by atoms with E-state index in [1.54, 1.807) is 31.3 Å². The van der Waals surface area contributed by atoms with Gasteiger partial charge in [0.25, 0.3) is 5.91 Å². The first-order chi connectivity index (χ1) is 9.63. The minimum Gasteiger partial charge on any atom is -0.379 e. The summed E-state index contributed by atoms with van der Waals surface area (Å²) >= 11 is 7.53. The summed E-state index contributed by atoms with van der Waals surface area (Å²) in [6.07, 6.45) is 0. The molecule has 102 valence electrons. The van der Waals surface area contributed by atoms with E-state index in [9.17, 15) is 4.79 Å². The smallest absolute Gasteiger partial charge is 0.251 e. The highest BCUT2D eigenvalue weighted by molar-refractivity contribution is 7.12. The lowest BCUT2D eigenvalue weighted by Gasteiger charge is -2.09. The van der Waals surface area contributed by atoms with Gasteiger partial charge in [-0.2, -0.15) is 5.26 Å². The van der Waals surface area contributed by atoms with Crippen LogP contribution in [0.4, 0.5) is 5.69 Å². The highest BCUT2D eigenvalue weighted by Gasteiger charge is 2.08. The van der Waals surface area contributed by atoms with E-state index in [-0.39, 0.29) is 5.91 Å². The van der Waals surface area contributed by atoms with Crippen LogP contribution in [0.25, 0.3) is 0 Å². The number of thiophene rings is 1. The number of halogens is 1. The van der Waals surface area contributed by atoms with Gasteiger partial charge in [0.05, 0.1) is 10.7 Å². The molecule has 0 saturated heterocycles. The average molecular weight is 306 g/mol. The number of amides is 1. The van der Waals surface area contributed by atoms with Gasteiger partial charge in [0.1, 0.15) is 10.9 Å². The molecule has 0 spiro atoms. The Balaban J connectivity index is 2.12. The van der Waals surface area contributed by atoms with Crippen LogP contribution in [0.2, 0.25) is 5.02 Å². The Morgan fingerprint density at radius 2 is 2.20 bits per heavy atom. The van der Waals surface area contributed by atoms with Crippen molar-refractivity contribution in [1.82, 2.24) is 5.32 Å². The quantitative estimate of drug-likeness (QED) is 0.911. The van der Waals surface area contributed by atoms with Crippen LogP contribution < -0.4 is 10.6 Å². The molecule has 2 aromatic rings. The Hall–Kier alpha value is -2.03. The molecule has 1 amide bonds. The van der Waals surface area contributed by atoms with Gasteiger partial charge in [0.2, 0.25) is 0 Å². The highest BCUT2D eigenvalue weighted by atomic mass is 35.5. The van der Waals surface area contributed by atoms with Crippen molar-refractivity contribution in [2.24, 2.45) is 0 Å². The zero-order chi connectivity index (χ0) is 14.5. The maximum absolute atomic E-state index is 11.6. The average Bonchev–Trinajstić information content (AvgIpc) is 2.93. The summed E-state index contributed by atoms with van der Waals surface area (Å²) in [5.41, 5.74) is 1.24. The monoisotopic (exact) mass is 305 g/mol. The third kappa shape index (κ3) is 3.29. The fraction of sp³-hybridized carbons (Fsp3) is 0.143. The number of hydrogen-bond acceptors (Lipinski definition) is 4. The first-order valence-electron chi connectivity index (χ1n) is 5.88. The summed E-state index contributed by atoms with van der Waals surface area (Å²) in [4.78, 5) is 13.3. The second-order valence-corrected chi connectivity index (χ2v) is 5.58. The van der Waals surface area contributed by atoms with Crippen LogP contribution in [-0.2, 0) is 6.54 Å². The number of nitrogens with one attached hydrogen (secondary N) is 2. The van der Waals surface area contributed by atoms with Gasteiger partial charge in [-0.25, -0.2) is 0 Å². The molecule has 0 unspecified atom stereocenters. The predicted molar refractivity (Wildman–Crippen MR) is 81.2 cm³/mol. The van der Waals surface area contributed by atoms with Crippen molar-refractivity contribution in [3.05, 3.63) is 50.7 Å². The maximum atomic E-state index is 11.6. The molecule has 1 aromatic heterocycles. The van der Waals surface area contributed by atoms with E-state index in [0.29, 0.717) is 27.7 Å². The Morgan fingerprint density at radius 1 is 1.40 bits per heavy atom. The van der Waals surface area contributed by atoms with Gasteiger partial charge in [-0.3, -0.25) is 4.79 Å². The van der Waals surface area contributed by atoms with Gasteiger partial charge in [-0.05, 0) is 30.3 Å². The van der Waals surface area contributed by atoms with Crippen molar-refractivity contribution in [2.75, 3.05) is 12.4 Å². The van der Waals surface area contributed by atoms with E-state index in [0.717, 1.165) is 4.88 Å². The molecule has 0 radical (unpaired) electrons. The Labute approximate surface area is 126 Å². The lowest BCUT2D eigenvalue weighted by Crippen LogP contribution is -2.17. The number of carbonyl (C=O) groups excluding carboxylic acids is 1. The van der Waals surface area contributed by atoms with Gasteiger partial charge in [-0.1, -0.05) is 11.6 Å². The standard InChI is InChI=1S/C14H12ClN3OS/c1-17-14(19)9-2-5-12(15)13(6-9)18-8-11-4-3-10(7-16)20-11/h2-6,18H,8H2,1H3,(H,17,19). The van der Waals surface area contributed by atoms with Crippen LogP contribution in [-0.4, -0.2) is 13.0 Å². The molecule has 1 heterocycles. The fourth-order valence-corrected chi connectivity index (χ4v) is 2.59. The molecule has 2 N–H and O–H groups in total. The third-order valence-corrected chi connectivity index (χ3v) is 4.00. The molecule has 2 rings (SSSR count). The van der Waals surface area contributed by atoms with E-state index in [4.69, 9.17) is 16.9 Å². The zero-order valence-electron chi connectivity index (χ0n) is 10.7. The zero-order valence-corrected chi connectivity index (χ0v) is 12.3. The van der Waals surface area contributed by atoms with Crippen LogP contribution in [0.1, 0.15) is 20.1 Å². The Morgan fingerprint density at radius 3 is 2.85 bits per heavy atom. The first-order valence-corrected chi connectivity index (χ1v) is 7.08. The van der Waals surface area contributed by atoms with Gasteiger partial charge >= 0.3 is 0 Å². The van der Waals surface area contributed by atoms with Crippen molar-refractivity contribution < 1.29 is 4.79 Å². The summed E-state index contributed by atoms with van der Waals surface area (Å²) in [6, 6.07) is 10.8. The number of carbonyl (C=O) groups is 1. The number of nitriles is 1. The number of hydrogen-bond donors (Lipinski definition) is 2. The summed E-state index contributed by atoms with van der Waals surface area (Å²) in [6.45, 7) is 0.559. The molecular weight excluding hydrogens is 294 g/mol. The molecule has 0 aliphatic carbocycles. The first kappa shape index (κ1) is 14.4. The second-order valence-electron chi connectivity index (χ2n) is 4.01. The molecule has 0 saturated carbocycles. The summed E-state index contributed by atoms with van der Waals surface area (Å²) in [5, 5.41) is 15.1. The van der Waals surface area contributed by atoms with Gasteiger partial charge < -0.3 is 10.6 Å². The molecule has 0 aliphatic heterocycles. The van der Waals surface area contributed by atoms with E-state index >= 15 is 0 Å². The van der Waals surface area contributed by atoms with Crippen LogP contribution in [0, 0.1) is 11.3 Å². The largest absolute Gasteiger partial charge is 0.379 e.